The number of nitrogen functional groups attached to an aromatic ring is 1. The van der Waals surface area contributed by atoms with E-state index in [-0.39, 0.29) is 23.9 Å². The average molecular weight is 253 g/mol. The van der Waals surface area contributed by atoms with Gasteiger partial charge in [0.15, 0.2) is 0 Å². The maximum atomic E-state index is 11.8. The Morgan fingerprint density at radius 1 is 1.65 bits per heavy atom. The van der Waals surface area contributed by atoms with Crippen molar-refractivity contribution in [2.24, 2.45) is 0 Å². The van der Waals surface area contributed by atoms with E-state index in [9.17, 15) is 4.79 Å². The van der Waals surface area contributed by atoms with Crippen LogP contribution in [0, 0.1) is 11.3 Å². The zero-order chi connectivity index (χ0) is 13.0. The minimum atomic E-state index is -0.495. The van der Waals surface area contributed by atoms with Gasteiger partial charge in [-0.1, -0.05) is 0 Å². The molecule has 0 unspecified atom stereocenters. The molecule has 1 heterocycles. The Hall–Kier alpha value is -1.74. The molecule has 0 atom stereocenters. The van der Waals surface area contributed by atoms with Crippen LogP contribution in [0.2, 0.25) is 0 Å². The molecule has 0 aliphatic rings. The maximum absolute atomic E-state index is 11.8. The molecule has 0 aromatic carbocycles. The number of hydrogen-bond donors (Lipinski definition) is 2. The van der Waals surface area contributed by atoms with Crippen LogP contribution < -0.4 is 11.1 Å². The quantitative estimate of drug-likeness (QED) is 0.803. The van der Waals surface area contributed by atoms with Crippen molar-refractivity contribution in [2.45, 2.75) is 26.8 Å². The second kappa shape index (κ2) is 5.55. The van der Waals surface area contributed by atoms with Gasteiger partial charge >= 0.3 is 5.97 Å². The third-order valence-corrected chi connectivity index (χ3v) is 2.99. The molecule has 0 aliphatic heterocycles. The first kappa shape index (κ1) is 13.3. The second-order valence-corrected chi connectivity index (χ2v) is 4.70. The molecule has 0 bridgehead atoms. The number of nitriles is 1. The van der Waals surface area contributed by atoms with Gasteiger partial charge in [-0.2, -0.15) is 5.26 Å². The molecule has 6 heteroatoms. The standard InChI is InChI=1S/C11H15N3O2S/c1-4-16-11(15)8-9(13)7(5-12)17-10(8)14-6(2)3/h6,14H,4,13H2,1-3H3. The Bertz CT molecular complexity index is 460. The lowest BCUT2D eigenvalue weighted by Crippen LogP contribution is -2.14. The summed E-state index contributed by atoms with van der Waals surface area (Å²) in [5.41, 5.74) is 6.23. The summed E-state index contributed by atoms with van der Waals surface area (Å²) in [6, 6.07) is 2.12. The Balaban J connectivity index is 3.20. The summed E-state index contributed by atoms with van der Waals surface area (Å²) in [6.07, 6.45) is 0. The van der Waals surface area contributed by atoms with E-state index in [0.29, 0.717) is 9.88 Å². The van der Waals surface area contributed by atoms with Crippen molar-refractivity contribution in [3.63, 3.8) is 0 Å². The molecule has 0 saturated heterocycles. The normalized spacial score (nSPS) is 10.1. The van der Waals surface area contributed by atoms with Crippen molar-refractivity contribution in [3.8, 4) is 6.07 Å². The monoisotopic (exact) mass is 253 g/mol. The van der Waals surface area contributed by atoms with Crippen LogP contribution in [0.25, 0.3) is 0 Å². The number of nitrogens with zero attached hydrogens (tertiary/aromatic N) is 1. The predicted molar refractivity (Wildman–Crippen MR) is 68.2 cm³/mol. The molecule has 0 spiro atoms. The Kier molecular flexibility index (Phi) is 4.35. The first-order valence-corrected chi connectivity index (χ1v) is 6.08. The number of carbonyl (C=O) groups is 1. The SMILES string of the molecule is CCOC(=O)c1c(NC(C)C)sc(C#N)c1N. The summed E-state index contributed by atoms with van der Waals surface area (Å²) in [6.45, 7) is 5.88. The van der Waals surface area contributed by atoms with Crippen molar-refractivity contribution < 1.29 is 9.53 Å². The van der Waals surface area contributed by atoms with Crippen LogP contribution in [0.4, 0.5) is 10.7 Å². The number of rotatable bonds is 4. The number of carbonyl (C=O) groups excluding carboxylic acids is 1. The number of ether oxygens (including phenoxy) is 1. The van der Waals surface area contributed by atoms with Gasteiger partial charge < -0.3 is 15.8 Å². The highest BCUT2D eigenvalue weighted by Gasteiger charge is 2.23. The topological polar surface area (TPSA) is 88.1 Å². The summed E-state index contributed by atoms with van der Waals surface area (Å²) < 4.78 is 4.93. The van der Waals surface area contributed by atoms with Gasteiger partial charge in [0.25, 0.3) is 0 Å². The van der Waals surface area contributed by atoms with Gasteiger partial charge in [-0.15, -0.1) is 11.3 Å². The van der Waals surface area contributed by atoms with Crippen LogP contribution in [0.3, 0.4) is 0 Å². The highest BCUT2D eigenvalue weighted by atomic mass is 32.1. The highest BCUT2D eigenvalue weighted by Crippen LogP contribution is 2.36. The summed E-state index contributed by atoms with van der Waals surface area (Å²) in [7, 11) is 0. The number of esters is 1. The van der Waals surface area contributed by atoms with Crippen molar-refractivity contribution in [3.05, 3.63) is 10.4 Å². The Morgan fingerprint density at radius 3 is 2.76 bits per heavy atom. The molecule has 0 saturated carbocycles. The summed E-state index contributed by atoms with van der Waals surface area (Å²) in [5.74, 6) is -0.495. The molecule has 0 amide bonds. The number of nitrogens with one attached hydrogen (secondary N) is 1. The van der Waals surface area contributed by atoms with Gasteiger partial charge in [0.05, 0.1) is 12.3 Å². The predicted octanol–water partition coefficient (Wildman–Crippen LogP) is 2.20. The second-order valence-electron chi connectivity index (χ2n) is 3.68. The minimum absolute atomic E-state index is 0.146. The lowest BCUT2D eigenvalue weighted by atomic mass is 10.2. The molecule has 3 N–H and O–H groups in total. The number of hydrogen-bond acceptors (Lipinski definition) is 6. The number of thiophene rings is 1. The van der Waals surface area contributed by atoms with Crippen molar-refractivity contribution in [1.82, 2.24) is 0 Å². The van der Waals surface area contributed by atoms with E-state index in [4.69, 9.17) is 15.7 Å². The van der Waals surface area contributed by atoms with Crippen molar-refractivity contribution in [1.29, 1.82) is 5.26 Å². The van der Waals surface area contributed by atoms with E-state index in [1.807, 2.05) is 19.9 Å². The van der Waals surface area contributed by atoms with E-state index >= 15 is 0 Å². The van der Waals surface area contributed by atoms with Gasteiger partial charge in [0.1, 0.15) is 21.5 Å². The molecule has 0 aliphatic carbocycles. The lowest BCUT2D eigenvalue weighted by Gasteiger charge is -2.09. The fourth-order valence-corrected chi connectivity index (χ4v) is 2.35. The molecular weight excluding hydrogens is 238 g/mol. The highest BCUT2D eigenvalue weighted by molar-refractivity contribution is 7.17. The van der Waals surface area contributed by atoms with Gasteiger partial charge in [-0.25, -0.2) is 4.79 Å². The van der Waals surface area contributed by atoms with Crippen molar-refractivity contribution in [2.75, 3.05) is 17.7 Å². The van der Waals surface area contributed by atoms with Gasteiger partial charge in [0.2, 0.25) is 0 Å². The smallest absolute Gasteiger partial charge is 0.343 e. The van der Waals surface area contributed by atoms with Crippen LogP contribution in [0.5, 0.6) is 0 Å². The van der Waals surface area contributed by atoms with Crippen LogP contribution in [-0.2, 0) is 4.74 Å². The third-order valence-electron chi connectivity index (χ3n) is 1.95. The third kappa shape index (κ3) is 2.88. The van der Waals surface area contributed by atoms with E-state index in [1.165, 1.54) is 11.3 Å². The maximum Gasteiger partial charge on any atom is 0.343 e. The van der Waals surface area contributed by atoms with Crippen LogP contribution >= 0.6 is 11.3 Å². The first-order chi connectivity index (χ1) is 8.01. The fourth-order valence-electron chi connectivity index (χ4n) is 1.30. The van der Waals surface area contributed by atoms with Crippen LogP contribution in [0.1, 0.15) is 36.0 Å². The molecule has 1 aromatic heterocycles. The van der Waals surface area contributed by atoms with Crippen molar-refractivity contribution >= 4 is 28.0 Å². The molecule has 5 nitrogen and oxygen atoms in total. The zero-order valence-electron chi connectivity index (χ0n) is 10.0. The van der Waals surface area contributed by atoms with E-state index in [1.54, 1.807) is 6.92 Å². The van der Waals surface area contributed by atoms with E-state index in [0.717, 1.165) is 0 Å². The molecule has 92 valence electrons. The Morgan fingerprint density at radius 2 is 2.29 bits per heavy atom. The lowest BCUT2D eigenvalue weighted by molar-refractivity contribution is 0.0529. The summed E-state index contributed by atoms with van der Waals surface area (Å²) in [4.78, 5) is 12.1. The Labute approximate surface area is 104 Å². The minimum Gasteiger partial charge on any atom is -0.462 e. The largest absolute Gasteiger partial charge is 0.462 e. The number of anilines is 2. The summed E-state index contributed by atoms with van der Waals surface area (Å²) >= 11 is 1.17. The first-order valence-electron chi connectivity index (χ1n) is 5.27. The molecule has 0 radical (unpaired) electrons. The van der Waals surface area contributed by atoms with Crippen LogP contribution in [0.15, 0.2) is 0 Å². The molecule has 1 rings (SSSR count). The average Bonchev–Trinajstić information content (AvgIpc) is 2.54. The number of nitrogens with two attached hydrogens (primary N) is 1. The van der Waals surface area contributed by atoms with Gasteiger partial charge in [-0.3, -0.25) is 0 Å². The molecular formula is C11H15N3O2S. The fraction of sp³-hybridized carbons (Fsp3) is 0.455. The van der Waals surface area contributed by atoms with Gasteiger partial charge in [-0.05, 0) is 20.8 Å². The zero-order valence-corrected chi connectivity index (χ0v) is 10.9. The summed E-state index contributed by atoms with van der Waals surface area (Å²) in [5, 5.41) is 12.6. The molecule has 0 fully saturated rings. The van der Waals surface area contributed by atoms with Gasteiger partial charge in [0, 0.05) is 6.04 Å². The molecule has 17 heavy (non-hydrogen) atoms. The van der Waals surface area contributed by atoms with E-state index < -0.39 is 5.97 Å². The van der Waals surface area contributed by atoms with E-state index in [2.05, 4.69) is 5.32 Å². The molecule has 1 aromatic rings. The van der Waals surface area contributed by atoms with Crippen LogP contribution in [-0.4, -0.2) is 18.6 Å².